The number of rotatable bonds is 34. The number of ether oxygens (including phenoxy) is 3. The lowest BCUT2D eigenvalue weighted by molar-refractivity contribution is -0.152. The Morgan fingerprint density at radius 2 is 1.36 bits per heavy atom. The number of imide groups is 1. The quantitative estimate of drug-likeness (QED) is 0.0212. The summed E-state index contributed by atoms with van der Waals surface area (Å²) < 4.78 is 18.3. The van der Waals surface area contributed by atoms with E-state index < -0.39 is 60.4 Å². The van der Waals surface area contributed by atoms with Crippen LogP contribution in [-0.2, 0) is 52.6 Å². The Balaban J connectivity index is 1.37. The van der Waals surface area contributed by atoms with Crippen molar-refractivity contribution in [3.63, 3.8) is 0 Å². The lowest BCUT2D eigenvalue weighted by Crippen LogP contribution is -2.59. The van der Waals surface area contributed by atoms with Gasteiger partial charge < -0.3 is 34.6 Å². The van der Waals surface area contributed by atoms with Crippen molar-refractivity contribution in [3.05, 3.63) is 83.9 Å². The number of carbonyl (C=O) groups is 8. The molecule has 0 aromatic heterocycles. The third-order valence-corrected chi connectivity index (χ3v) is 15.8. The van der Waals surface area contributed by atoms with Crippen LogP contribution in [0.1, 0.15) is 150 Å². The highest BCUT2D eigenvalue weighted by Crippen LogP contribution is 2.31. The van der Waals surface area contributed by atoms with Crippen LogP contribution < -0.4 is 16.1 Å². The van der Waals surface area contributed by atoms with Gasteiger partial charge in [-0.3, -0.25) is 48.2 Å². The summed E-state index contributed by atoms with van der Waals surface area (Å²) >= 11 is 0. The number of likely N-dealkylation sites (N-methyl/N-ethyl adjacent to an activating group) is 2. The first kappa shape index (κ1) is 67.2. The predicted octanol–water partition coefficient (Wildman–Crippen LogP) is 6.99. The minimum atomic E-state index is -0.823. The summed E-state index contributed by atoms with van der Waals surface area (Å²) in [4.78, 5) is 113. The summed E-state index contributed by atoms with van der Waals surface area (Å²) in [6.45, 7) is 16.1. The molecule has 2 aromatic rings. The topological polar surface area (TPSA) is 226 Å². The summed E-state index contributed by atoms with van der Waals surface area (Å²) in [5.41, 5.74) is 4.87. The molecular weight excluding hydrogens is 1030 g/mol. The second-order valence-electron chi connectivity index (χ2n) is 22.7. The molecule has 4 rings (SSSR count). The van der Waals surface area contributed by atoms with E-state index in [2.05, 4.69) is 21.2 Å². The SMILES string of the molecule is CC[C@H](C)[C@@H]([C@@H](CC(=O)N1CCC[C@H]1[C@H](OC)[C@@H](C)C(=O)N[C@H](C)[C@@H](OC(=O)CCCC/C(=N/NC(=O)CCCCCN1C(=O)C=CC1=O)c1ccccc1)c1ccccc1)OC)N(C)C(=O)[C@@H](NC(=O)C(C(C)C)N(C)C)C(C)C. The highest BCUT2D eigenvalue weighted by Gasteiger charge is 2.44. The Morgan fingerprint density at radius 1 is 0.741 bits per heavy atom. The Hall–Kier alpha value is -6.31. The van der Waals surface area contributed by atoms with Crippen LogP contribution in [-0.4, -0.2) is 164 Å². The number of likely N-dealkylation sites (tertiary alicyclic amines) is 1. The smallest absolute Gasteiger partial charge is 0.306 e. The van der Waals surface area contributed by atoms with Crippen LogP contribution in [0.25, 0.3) is 0 Å². The maximum absolute atomic E-state index is 14.5. The maximum Gasteiger partial charge on any atom is 0.306 e. The molecule has 19 heteroatoms. The van der Waals surface area contributed by atoms with Crippen molar-refractivity contribution in [1.29, 1.82) is 0 Å². The number of amides is 7. The van der Waals surface area contributed by atoms with Gasteiger partial charge in [0.2, 0.25) is 29.5 Å². The second kappa shape index (κ2) is 33.6. The molecule has 0 bridgehead atoms. The van der Waals surface area contributed by atoms with Crippen LogP contribution in [0, 0.1) is 23.7 Å². The van der Waals surface area contributed by atoms with Crippen LogP contribution in [0.15, 0.2) is 77.9 Å². The van der Waals surface area contributed by atoms with Gasteiger partial charge in [-0.1, -0.05) is 122 Å². The van der Waals surface area contributed by atoms with E-state index in [1.807, 2.05) is 121 Å². The van der Waals surface area contributed by atoms with Crippen molar-refractivity contribution in [2.24, 2.45) is 28.8 Å². The second-order valence-corrected chi connectivity index (χ2v) is 22.7. The molecule has 0 radical (unpaired) electrons. The fraction of sp³-hybridized carbons (Fsp3) is 0.629. The van der Waals surface area contributed by atoms with Gasteiger partial charge in [0.25, 0.3) is 11.8 Å². The number of benzene rings is 2. The van der Waals surface area contributed by atoms with Gasteiger partial charge in [-0.15, -0.1) is 0 Å². The molecule has 2 heterocycles. The van der Waals surface area contributed by atoms with Gasteiger partial charge in [0.1, 0.15) is 12.1 Å². The van der Waals surface area contributed by atoms with Gasteiger partial charge >= 0.3 is 5.97 Å². The van der Waals surface area contributed by atoms with Crippen molar-refractivity contribution in [2.75, 3.05) is 48.5 Å². The summed E-state index contributed by atoms with van der Waals surface area (Å²) in [5, 5.41) is 10.6. The van der Waals surface area contributed by atoms with Crippen LogP contribution >= 0.6 is 0 Å². The minimum absolute atomic E-state index is 0.0151. The van der Waals surface area contributed by atoms with Crippen molar-refractivity contribution in [3.8, 4) is 0 Å². The van der Waals surface area contributed by atoms with E-state index in [1.165, 1.54) is 24.2 Å². The molecule has 3 N–H and O–H groups in total. The molecule has 448 valence electrons. The number of carbonyl (C=O) groups excluding carboxylic acids is 8. The summed E-state index contributed by atoms with van der Waals surface area (Å²) in [6, 6.07) is 15.9. The predicted molar refractivity (Wildman–Crippen MR) is 312 cm³/mol. The van der Waals surface area contributed by atoms with Gasteiger partial charge in [0, 0.05) is 59.4 Å². The fourth-order valence-electron chi connectivity index (χ4n) is 11.2. The van der Waals surface area contributed by atoms with Gasteiger partial charge in [0.05, 0.1) is 54.4 Å². The molecule has 1 saturated heterocycles. The zero-order valence-corrected chi connectivity index (χ0v) is 50.5. The summed E-state index contributed by atoms with van der Waals surface area (Å²) in [5.74, 6) is -3.32. The normalized spacial score (nSPS) is 18.0. The summed E-state index contributed by atoms with van der Waals surface area (Å²) in [6.07, 6.45) is 5.97. The standard InChI is InChI=1S/C62H94N8O11/c1-14-42(6)57(68(11)62(78)55(40(2)3)64-61(77)56(41(4)5)67(9)10)49(79-12)39-53(74)69-38-26-32-48(69)58(80-13)43(7)60(76)63-44(8)59(46-29-20-16-21-30-46)81-54(75)34-24-23-31-47(45-27-18-15-19-28-45)65-66-50(71)33-22-17-25-37-70-51(72)35-36-52(70)73/h15-16,18-21,27-30,35-36,40-44,48-49,55-59H,14,17,22-26,31-34,37-39H2,1-13H3,(H,63,76)(H,64,77)(H,66,71)/b65-47-/t42-,43+,44+,48-,49+,55-,56?,57-,58+,59+/m0/s1. The van der Waals surface area contributed by atoms with Crippen LogP contribution in [0.5, 0.6) is 0 Å². The van der Waals surface area contributed by atoms with E-state index in [0.29, 0.717) is 82.2 Å². The number of methoxy groups -OCH3 is 2. The van der Waals surface area contributed by atoms with Gasteiger partial charge in [-0.2, -0.15) is 5.10 Å². The van der Waals surface area contributed by atoms with E-state index in [0.717, 1.165) is 5.56 Å². The molecule has 0 saturated carbocycles. The third-order valence-electron chi connectivity index (χ3n) is 15.8. The highest BCUT2D eigenvalue weighted by atomic mass is 16.5. The highest BCUT2D eigenvalue weighted by molar-refractivity contribution is 6.12. The van der Waals surface area contributed by atoms with Crippen molar-refractivity contribution >= 4 is 53.0 Å². The van der Waals surface area contributed by atoms with Gasteiger partial charge in [-0.05, 0) is 94.8 Å². The van der Waals surface area contributed by atoms with E-state index in [-0.39, 0.29) is 78.4 Å². The van der Waals surface area contributed by atoms with Crippen molar-refractivity contribution < 1.29 is 52.6 Å². The van der Waals surface area contributed by atoms with Gasteiger partial charge in [-0.25, -0.2) is 5.43 Å². The van der Waals surface area contributed by atoms with E-state index in [9.17, 15) is 38.4 Å². The van der Waals surface area contributed by atoms with Gasteiger partial charge in [0.15, 0.2) is 0 Å². The minimum Gasteiger partial charge on any atom is -0.455 e. The molecule has 1 fully saturated rings. The maximum atomic E-state index is 14.5. The molecule has 1 unspecified atom stereocenters. The molecule has 10 atom stereocenters. The van der Waals surface area contributed by atoms with Crippen LogP contribution in [0.4, 0.5) is 0 Å². The molecule has 2 aliphatic heterocycles. The monoisotopic (exact) mass is 1130 g/mol. The van der Waals surface area contributed by atoms with Crippen molar-refractivity contribution in [1.82, 2.24) is 35.7 Å². The number of nitrogens with one attached hydrogen (secondary N) is 3. The Bertz CT molecular complexity index is 2410. The first-order valence-corrected chi connectivity index (χ1v) is 29.1. The molecule has 0 spiro atoms. The number of nitrogens with zero attached hydrogens (tertiary/aromatic N) is 5. The largest absolute Gasteiger partial charge is 0.455 e. The zero-order valence-electron chi connectivity index (χ0n) is 50.5. The van der Waals surface area contributed by atoms with Crippen molar-refractivity contribution in [2.45, 2.75) is 181 Å². The third kappa shape index (κ3) is 19.7. The number of unbranched alkanes of at least 4 members (excludes halogenated alkanes) is 3. The van der Waals surface area contributed by atoms with E-state index >= 15 is 0 Å². The zero-order chi connectivity index (χ0) is 59.9. The number of hydrazone groups is 1. The molecule has 2 aromatic carbocycles. The fourth-order valence-corrected chi connectivity index (χ4v) is 11.2. The molecule has 19 nitrogen and oxygen atoms in total. The van der Waals surface area contributed by atoms with E-state index in [1.54, 1.807) is 37.8 Å². The average Bonchev–Trinajstić information content (AvgIpc) is 4.11. The van der Waals surface area contributed by atoms with Crippen LogP contribution in [0.2, 0.25) is 0 Å². The average molecular weight is 1130 g/mol. The molecule has 2 aliphatic rings. The first-order chi connectivity index (χ1) is 38.6. The molecule has 0 aliphatic carbocycles. The Morgan fingerprint density at radius 3 is 1.94 bits per heavy atom. The number of hydrogen-bond acceptors (Lipinski definition) is 13. The first-order valence-electron chi connectivity index (χ1n) is 29.1. The molecule has 7 amide bonds. The number of hydrogen-bond donors (Lipinski definition) is 3. The van der Waals surface area contributed by atoms with E-state index in [4.69, 9.17) is 14.2 Å². The molecule has 81 heavy (non-hydrogen) atoms. The number of esters is 1. The lowest BCUT2D eigenvalue weighted by atomic mass is 9.89. The summed E-state index contributed by atoms with van der Waals surface area (Å²) in [7, 11) is 8.50. The Kier molecular flexibility index (Phi) is 27.9. The lowest BCUT2D eigenvalue weighted by Gasteiger charge is -2.41. The van der Waals surface area contributed by atoms with Crippen LogP contribution in [0.3, 0.4) is 0 Å². The molecular formula is C62H94N8O11. The Labute approximate surface area is 481 Å².